The lowest BCUT2D eigenvalue weighted by molar-refractivity contribution is 0.271. The minimum absolute atomic E-state index is 0.0845. The molecule has 76 valence electrons. The fourth-order valence-electron chi connectivity index (χ4n) is 2.41. The molecule has 0 atom stereocenters. The molecular weight excluding hydrogens is 191 g/mol. The third-order valence-electron chi connectivity index (χ3n) is 3.56. The Morgan fingerprint density at radius 1 is 1.15 bits per heavy atom. The Labute approximate surface area is 78.7 Å². The highest BCUT2D eigenvalue weighted by Crippen LogP contribution is 2.57. The van der Waals surface area contributed by atoms with E-state index in [1.165, 1.54) is 12.8 Å². The largest absolute Gasteiger partial charge is 0.302 e. The third kappa shape index (κ3) is 2.42. The minimum atomic E-state index is -4.24. The summed E-state index contributed by atoms with van der Waals surface area (Å²) in [6.45, 7) is 0. The van der Waals surface area contributed by atoms with Gasteiger partial charge in [-0.25, -0.2) is 0 Å². The third-order valence-corrected chi connectivity index (χ3v) is 4.43. The van der Waals surface area contributed by atoms with Crippen molar-refractivity contribution in [3.8, 4) is 0 Å². The Morgan fingerprint density at radius 2 is 1.69 bits per heavy atom. The molecule has 1 spiro atoms. The Hall–Kier alpha value is -0.120. The van der Waals surface area contributed by atoms with Crippen LogP contribution in [-0.2, 0) is 10.2 Å². The molecule has 0 aliphatic heterocycles. The standard InChI is InChI=1S/C9H15FO2S/c10-13(11,12)7-8-1-3-9(4-2-8)5-6-9/h8H,1-7H2. The summed E-state index contributed by atoms with van der Waals surface area (Å²) in [5.41, 5.74) is 0.566. The summed E-state index contributed by atoms with van der Waals surface area (Å²) in [4.78, 5) is 0. The molecule has 0 N–H and O–H groups in total. The fraction of sp³-hybridized carbons (Fsp3) is 1.00. The summed E-state index contributed by atoms with van der Waals surface area (Å²) in [6, 6.07) is 0. The van der Waals surface area contributed by atoms with E-state index >= 15 is 0 Å². The summed E-state index contributed by atoms with van der Waals surface area (Å²) < 4.78 is 33.2. The van der Waals surface area contributed by atoms with Crippen molar-refractivity contribution in [1.29, 1.82) is 0 Å². The average molecular weight is 206 g/mol. The van der Waals surface area contributed by atoms with Crippen LogP contribution in [0.4, 0.5) is 3.89 Å². The SMILES string of the molecule is O=S(=O)(F)CC1CCC2(CC1)CC2. The minimum Gasteiger partial charge on any atom is -0.195 e. The first-order valence-corrected chi connectivity index (χ1v) is 6.47. The van der Waals surface area contributed by atoms with Crippen molar-refractivity contribution in [3.05, 3.63) is 0 Å². The molecule has 0 saturated heterocycles. The van der Waals surface area contributed by atoms with E-state index in [9.17, 15) is 12.3 Å². The quantitative estimate of drug-likeness (QED) is 0.649. The molecule has 0 aromatic rings. The lowest BCUT2D eigenvalue weighted by atomic mass is 9.81. The molecular formula is C9H15FO2S. The van der Waals surface area contributed by atoms with Gasteiger partial charge in [0.15, 0.2) is 0 Å². The van der Waals surface area contributed by atoms with Crippen LogP contribution in [0.5, 0.6) is 0 Å². The number of hydrogen-bond donors (Lipinski definition) is 0. The van der Waals surface area contributed by atoms with Crippen molar-refractivity contribution < 1.29 is 12.3 Å². The van der Waals surface area contributed by atoms with Crippen molar-refractivity contribution in [1.82, 2.24) is 0 Å². The zero-order chi connectivity index (χ0) is 9.53. The fourth-order valence-corrected chi connectivity index (χ4v) is 3.31. The van der Waals surface area contributed by atoms with Gasteiger partial charge in [0.1, 0.15) is 0 Å². The van der Waals surface area contributed by atoms with Crippen LogP contribution in [0, 0.1) is 11.3 Å². The summed E-state index contributed by atoms with van der Waals surface area (Å²) in [5, 5.41) is 0. The Morgan fingerprint density at radius 3 is 2.08 bits per heavy atom. The van der Waals surface area contributed by atoms with E-state index in [0.717, 1.165) is 25.7 Å². The van der Waals surface area contributed by atoms with Crippen LogP contribution >= 0.6 is 0 Å². The predicted octanol–water partition coefficient (Wildman–Crippen LogP) is 2.26. The van der Waals surface area contributed by atoms with Crippen molar-refractivity contribution in [2.75, 3.05) is 5.75 Å². The van der Waals surface area contributed by atoms with Gasteiger partial charge in [-0.1, -0.05) is 0 Å². The number of hydrogen-bond acceptors (Lipinski definition) is 2. The molecule has 2 aliphatic carbocycles. The van der Waals surface area contributed by atoms with Gasteiger partial charge < -0.3 is 0 Å². The first kappa shape index (κ1) is 9.44. The first-order valence-electron chi connectivity index (χ1n) is 4.92. The molecule has 2 saturated carbocycles. The van der Waals surface area contributed by atoms with Crippen LogP contribution in [0.25, 0.3) is 0 Å². The lowest BCUT2D eigenvalue weighted by Crippen LogP contribution is -2.20. The molecule has 0 aromatic heterocycles. The van der Waals surface area contributed by atoms with Gasteiger partial charge >= 0.3 is 10.2 Å². The molecule has 2 aliphatic rings. The zero-order valence-electron chi connectivity index (χ0n) is 7.63. The van der Waals surface area contributed by atoms with E-state index in [4.69, 9.17) is 0 Å². The van der Waals surface area contributed by atoms with E-state index in [2.05, 4.69) is 0 Å². The summed E-state index contributed by atoms with van der Waals surface area (Å²) in [6.07, 6.45) is 6.66. The highest BCUT2D eigenvalue weighted by Gasteiger charge is 2.45. The van der Waals surface area contributed by atoms with Crippen LogP contribution in [0.3, 0.4) is 0 Å². The maximum absolute atomic E-state index is 12.4. The van der Waals surface area contributed by atoms with Gasteiger partial charge in [-0.15, -0.1) is 3.89 Å². The number of rotatable bonds is 2. The Bertz CT molecular complexity index is 283. The van der Waals surface area contributed by atoms with Crippen LogP contribution in [0.15, 0.2) is 0 Å². The molecule has 4 heteroatoms. The normalized spacial score (nSPS) is 27.8. The first-order chi connectivity index (χ1) is 5.99. The second-order valence-corrected chi connectivity index (χ2v) is 6.06. The van der Waals surface area contributed by atoms with Gasteiger partial charge in [0, 0.05) is 0 Å². The lowest BCUT2D eigenvalue weighted by Gasteiger charge is -2.27. The van der Waals surface area contributed by atoms with Crippen molar-refractivity contribution in [3.63, 3.8) is 0 Å². The average Bonchev–Trinajstić information content (AvgIpc) is 2.73. The molecule has 13 heavy (non-hydrogen) atoms. The van der Waals surface area contributed by atoms with E-state index in [1.54, 1.807) is 0 Å². The molecule has 0 bridgehead atoms. The zero-order valence-corrected chi connectivity index (χ0v) is 8.45. The van der Waals surface area contributed by atoms with Gasteiger partial charge in [-0.05, 0) is 49.9 Å². The molecule has 0 radical (unpaired) electrons. The molecule has 2 rings (SSSR count). The molecule has 2 nitrogen and oxygen atoms in total. The van der Waals surface area contributed by atoms with Crippen molar-refractivity contribution in [2.24, 2.45) is 11.3 Å². The van der Waals surface area contributed by atoms with Gasteiger partial charge in [0.05, 0.1) is 5.75 Å². The molecule has 0 unspecified atom stereocenters. The van der Waals surface area contributed by atoms with Crippen LogP contribution in [0.1, 0.15) is 38.5 Å². The van der Waals surface area contributed by atoms with E-state index in [0.29, 0.717) is 5.41 Å². The summed E-state index contributed by atoms with van der Waals surface area (Å²) >= 11 is 0. The molecule has 0 heterocycles. The van der Waals surface area contributed by atoms with Crippen LogP contribution < -0.4 is 0 Å². The van der Waals surface area contributed by atoms with Crippen molar-refractivity contribution in [2.45, 2.75) is 38.5 Å². The van der Waals surface area contributed by atoms with Crippen LogP contribution in [0.2, 0.25) is 0 Å². The topological polar surface area (TPSA) is 34.1 Å². The maximum Gasteiger partial charge on any atom is 0.302 e. The second-order valence-electron chi connectivity index (χ2n) is 4.65. The second kappa shape index (κ2) is 2.94. The maximum atomic E-state index is 12.4. The highest BCUT2D eigenvalue weighted by molar-refractivity contribution is 7.86. The molecule has 0 aromatic carbocycles. The predicted molar refractivity (Wildman–Crippen MR) is 48.5 cm³/mol. The monoisotopic (exact) mass is 206 g/mol. The number of halogens is 1. The van der Waals surface area contributed by atoms with E-state index < -0.39 is 10.2 Å². The molecule has 0 amide bonds. The Kier molecular flexibility index (Phi) is 2.13. The van der Waals surface area contributed by atoms with E-state index in [1.807, 2.05) is 0 Å². The van der Waals surface area contributed by atoms with Gasteiger partial charge in [0.25, 0.3) is 0 Å². The van der Waals surface area contributed by atoms with Gasteiger partial charge in [-0.3, -0.25) is 0 Å². The molecule has 2 fully saturated rings. The van der Waals surface area contributed by atoms with Crippen molar-refractivity contribution >= 4 is 10.2 Å². The smallest absolute Gasteiger partial charge is 0.195 e. The highest BCUT2D eigenvalue weighted by atomic mass is 32.3. The summed E-state index contributed by atoms with van der Waals surface area (Å²) in [7, 11) is -4.24. The Balaban J connectivity index is 1.84. The summed E-state index contributed by atoms with van der Waals surface area (Å²) in [5.74, 6) is -0.162. The van der Waals surface area contributed by atoms with Gasteiger partial charge in [-0.2, -0.15) is 8.42 Å². The van der Waals surface area contributed by atoms with Crippen LogP contribution in [-0.4, -0.2) is 14.2 Å². The van der Waals surface area contributed by atoms with E-state index in [-0.39, 0.29) is 11.7 Å². The van der Waals surface area contributed by atoms with Gasteiger partial charge in [0.2, 0.25) is 0 Å².